The zero-order valence-electron chi connectivity index (χ0n) is 7.23. The van der Waals surface area contributed by atoms with E-state index in [-0.39, 0.29) is 16.8 Å². The molecule has 0 radical (unpaired) electrons. The molecule has 0 aliphatic heterocycles. The van der Waals surface area contributed by atoms with Gasteiger partial charge in [-0.1, -0.05) is 15.9 Å². The van der Waals surface area contributed by atoms with Gasteiger partial charge in [-0.3, -0.25) is 0 Å². The molecule has 0 saturated heterocycles. The first-order valence-electron chi connectivity index (χ1n) is 3.67. The van der Waals surface area contributed by atoms with E-state index in [4.69, 9.17) is 0 Å². The Balaban J connectivity index is 3.27. The van der Waals surface area contributed by atoms with Crippen molar-refractivity contribution in [1.82, 2.24) is 4.98 Å². The van der Waals surface area contributed by atoms with Crippen molar-refractivity contribution in [2.75, 3.05) is 7.11 Å². The molecule has 78 valence electrons. The highest BCUT2D eigenvalue weighted by Crippen LogP contribution is 2.26. The molecule has 2 nitrogen and oxygen atoms in total. The molecule has 0 aromatic carbocycles. The molecule has 1 aromatic rings. The van der Waals surface area contributed by atoms with Crippen molar-refractivity contribution in [2.45, 2.75) is 11.8 Å². The van der Waals surface area contributed by atoms with E-state index in [1.54, 1.807) is 0 Å². The minimum absolute atomic E-state index is 0.0175. The smallest absolute Gasteiger partial charge is 0.283 e. The normalized spacial score (nSPS) is 10.7. The lowest BCUT2D eigenvalue weighted by molar-refractivity contribution is 0.139. The van der Waals surface area contributed by atoms with Crippen LogP contribution in [0.5, 0.6) is 5.88 Å². The standard InChI is InChI=1S/C8H7BrF3NO/c1-14-5-2-4(3-9)6(10)7(13-5)8(11)12/h2,8H,3H2,1H3. The van der Waals surface area contributed by atoms with Crippen molar-refractivity contribution >= 4 is 15.9 Å². The lowest BCUT2D eigenvalue weighted by atomic mass is 10.2. The SMILES string of the molecule is COc1cc(CBr)c(F)c(C(F)F)n1. The lowest BCUT2D eigenvalue weighted by Crippen LogP contribution is -2.02. The van der Waals surface area contributed by atoms with Crippen LogP contribution < -0.4 is 4.74 Å². The number of alkyl halides is 3. The average Bonchev–Trinajstić information content (AvgIpc) is 2.17. The van der Waals surface area contributed by atoms with Gasteiger partial charge < -0.3 is 4.74 Å². The number of hydrogen-bond acceptors (Lipinski definition) is 2. The molecule has 0 saturated carbocycles. The Hall–Kier alpha value is -0.780. The summed E-state index contributed by atoms with van der Waals surface area (Å²) in [6.07, 6.45) is -2.94. The molecule has 0 spiro atoms. The third-order valence-electron chi connectivity index (χ3n) is 1.59. The van der Waals surface area contributed by atoms with Crippen LogP contribution >= 0.6 is 15.9 Å². The fourth-order valence-electron chi connectivity index (χ4n) is 0.923. The number of halogens is 4. The molecule has 0 amide bonds. The molecule has 1 aromatic heterocycles. The molecule has 0 atom stereocenters. The van der Waals surface area contributed by atoms with Gasteiger partial charge in [0.1, 0.15) is 5.69 Å². The zero-order valence-corrected chi connectivity index (χ0v) is 8.82. The summed E-state index contributed by atoms with van der Waals surface area (Å²) in [5.41, 5.74) is -0.772. The van der Waals surface area contributed by atoms with Crippen LogP contribution in [0.15, 0.2) is 6.07 Å². The Morgan fingerprint density at radius 2 is 2.21 bits per heavy atom. The van der Waals surface area contributed by atoms with E-state index in [0.29, 0.717) is 0 Å². The van der Waals surface area contributed by atoms with Gasteiger partial charge in [0.15, 0.2) is 5.82 Å². The van der Waals surface area contributed by atoms with Crippen molar-refractivity contribution < 1.29 is 17.9 Å². The van der Waals surface area contributed by atoms with Crippen LogP contribution in [0.4, 0.5) is 13.2 Å². The van der Waals surface area contributed by atoms with Gasteiger partial charge in [0.2, 0.25) is 5.88 Å². The fourth-order valence-corrected chi connectivity index (χ4v) is 1.33. The first-order chi connectivity index (χ1) is 6.60. The summed E-state index contributed by atoms with van der Waals surface area (Å²) < 4.78 is 42.5. The lowest BCUT2D eigenvalue weighted by Gasteiger charge is -2.07. The molecule has 0 bridgehead atoms. The summed E-state index contributed by atoms with van der Waals surface area (Å²) in [7, 11) is 1.29. The molecule has 0 fully saturated rings. The van der Waals surface area contributed by atoms with E-state index in [2.05, 4.69) is 25.7 Å². The molecule has 1 rings (SSSR count). The highest BCUT2D eigenvalue weighted by molar-refractivity contribution is 9.08. The molecule has 0 aliphatic carbocycles. The highest BCUT2D eigenvalue weighted by Gasteiger charge is 2.19. The Morgan fingerprint density at radius 1 is 1.57 bits per heavy atom. The molecular formula is C8H7BrF3NO. The molecular weight excluding hydrogens is 263 g/mol. The number of rotatable bonds is 3. The predicted molar refractivity (Wildman–Crippen MR) is 48.3 cm³/mol. The largest absolute Gasteiger partial charge is 0.481 e. The number of ether oxygens (including phenoxy) is 1. The maximum atomic E-state index is 13.2. The van der Waals surface area contributed by atoms with E-state index in [1.807, 2.05) is 0 Å². The molecule has 0 aliphatic rings. The Labute approximate surface area is 87.2 Å². The van der Waals surface area contributed by atoms with Crippen LogP contribution in [-0.4, -0.2) is 12.1 Å². The molecule has 14 heavy (non-hydrogen) atoms. The number of nitrogens with zero attached hydrogens (tertiary/aromatic N) is 1. The number of methoxy groups -OCH3 is 1. The first kappa shape index (κ1) is 11.3. The summed E-state index contributed by atoms with van der Waals surface area (Å²) >= 11 is 2.99. The Bertz CT molecular complexity index is 333. The monoisotopic (exact) mass is 269 g/mol. The van der Waals surface area contributed by atoms with E-state index in [0.717, 1.165) is 0 Å². The number of pyridine rings is 1. The highest BCUT2D eigenvalue weighted by atomic mass is 79.9. The minimum atomic E-state index is -2.94. The molecule has 0 unspecified atom stereocenters. The fraction of sp³-hybridized carbons (Fsp3) is 0.375. The van der Waals surface area contributed by atoms with Crippen LogP contribution in [0.25, 0.3) is 0 Å². The zero-order chi connectivity index (χ0) is 10.7. The molecule has 6 heteroatoms. The Morgan fingerprint density at radius 3 is 2.64 bits per heavy atom. The summed E-state index contributed by atoms with van der Waals surface area (Å²) in [4.78, 5) is 3.33. The summed E-state index contributed by atoms with van der Waals surface area (Å²) in [5.74, 6) is -1.01. The second kappa shape index (κ2) is 4.63. The maximum Gasteiger partial charge on any atom is 0.283 e. The van der Waals surface area contributed by atoms with Crippen LogP contribution in [0.2, 0.25) is 0 Å². The van der Waals surface area contributed by atoms with Crippen LogP contribution in [-0.2, 0) is 5.33 Å². The van der Waals surface area contributed by atoms with Gasteiger partial charge in [-0.05, 0) is 0 Å². The topological polar surface area (TPSA) is 22.1 Å². The molecule has 1 heterocycles. The third kappa shape index (κ3) is 2.17. The second-order valence-corrected chi connectivity index (χ2v) is 3.02. The number of hydrogen-bond donors (Lipinski definition) is 0. The Kier molecular flexibility index (Phi) is 3.74. The quantitative estimate of drug-likeness (QED) is 0.787. The van der Waals surface area contributed by atoms with E-state index < -0.39 is 17.9 Å². The van der Waals surface area contributed by atoms with Crippen molar-refractivity contribution in [1.29, 1.82) is 0 Å². The minimum Gasteiger partial charge on any atom is -0.481 e. The van der Waals surface area contributed by atoms with Gasteiger partial charge >= 0.3 is 0 Å². The van der Waals surface area contributed by atoms with Crippen molar-refractivity contribution in [2.24, 2.45) is 0 Å². The van der Waals surface area contributed by atoms with Gasteiger partial charge in [0.25, 0.3) is 6.43 Å². The van der Waals surface area contributed by atoms with Gasteiger partial charge in [-0.25, -0.2) is 18.2 Å². The first-order valence-corrected chi connectivity index (χ1v) is 4.79. The predicted octanol–water partition coefficient (Wildman–Crippen LogP) is 3.06. The van der Waals surface area contributed by atoms with E-state index in [1.165, 1.54) is 13.2 Å². The summed E-state index contributed by atoms with van der Waals surface area (Å²) in [6.45, 7) is 0. The van der Waals surface area contributed by atoms with Gasteiger partial charge in [-0.2, -0.15) is 0 Å². The summed E-state index contributed by atoms with van der Waals surface area (Å²) in [6, 6.07) is 1.27. The van der Waals surface area contributed by atoms with Gasteiger partial charge in [-0.15, -0.1) is 0 Å². The van der Waals surface area contributed by atoms with Crippen LogP contribution in [0, 0.1) is 5.82 Å². The van der Waals surface area contributed by atoms with Crippen LogP contribution in [0.3, 0.4) is 0 Å². The summed E-state index contributed by atoms with van der Waals surface area (Å²) in [5, 5.41) is 0.136. The van der Waals surface area contributed by atoms with Crippen LogP contribution in [0.1, 0.15) is 17.7 Å². The van der Waals surface area contributed by atoms with Crippen molar-refractivity contribution in [3.8, 4) is 5.88 Å². The van der Waals surface area contributed by atoms with E-state index >= 15 is 0 Å². The van der Waals surface area contributed by atoms with Crippen molar-refractivity contribution in [3.63, 3.8) is 0 Å². The molecule has 0 N–H and O–H groups in total. The maximum absolute atomic E-state index is 13.2. The van der Waals surface area contributed by atoms with Crippen molar-refractivity contribution in [3.05, 3.63) is 23.1 Å². The van der Waals surface area contributed by atoms with E-state index in [9.17, 15) is 13.2 Å². The van der Waals surface area contributed by atoms with Gasteiger partial charge in [0, 0.05) is 17.0 Å². The van der Waals surface area contributed by atoms with Gasteiger partial charge in [0.05, 0.1) is 7.11 Å². The number of aromatic nitrogens is 1. The average molecular weight is 270 g/mol. The third-order valence-corrected chi connectivity index (χ3v) is 2.20. The second-order valence-electron chi connectivity index (χ2n) is 2.46.